The minimum absolute atomic E-state index is 0.146. The molecule has 2 N–H and O–H groups in total. The van der Waals surface area contributed by atoms with Gasteiger partial charge in [-0.15, -0.1) is 0 Å². The van der Waals surface area contributed by atoms with Gasteiger partial charge in [-0.3, -0.25) is 19.0 Å². The molecule has 0 aliphatic heterocycles. The predicted octanol–water partition coefficient (Wildman–Crippen LogP) is 3.14. The van der Waals surface area contributed by atoms with E-state index in [-0.39, 0.29) is 17.8 Å². The zero-order chi connectivity index (χ0) is 22.1. The van der Waals surface area contributed by atoms with Crippen molar-refractivity contribution in [2.45, 2.75) is 26.6 Å². The van der Waals surface area contributed by atoms with E-state index >= 15 is 0 Å². The third-order valence-corrected chi connectivity index (χ3v) is 4.17. The molecule has 0 radical (unpaired) electrons. The van der Waals surface area contributed by atoms with Crippen LogP contribution in [0.15, 0.2) is 36.7 Å². The number of aromatic nitrogens is 4. The number of alkyl halides is 3. The number of benzene rings is 1. The fraction of sp³-hybridized carbons (Fsp3) is 0.263. The molecule has 0 saturated carbocycles. The Labute approximate surface area is 169 Å². The van der Waals surface area contributed by atoms with E-state index in [2.05, 4.69) is 20.8 Å². The van der Waals surface area contributed by atoms with Crippen LogP contribution in [-0.2, 0) is 24.6 Å². The van der Waals surface area contributed by atoms with Crippen LogP contribution in [-0.4, -0.2) is 31.4 Å². The Morgan fingerprint density at radius 3 is 2.37 bits per heavy atom. The maximum Gasteiger partial charge on any atom is 0.416 e. The molecule has 1 aromatic carbocycles. The van der Waals surface area contributed by atoms with Crippen LogP contribution < -0.4 is 10.6 Å². The van der Waals surface area contributed by atoms with Gasteiger partial charge in [0, 0.05) is 30.2 Å². The fourth-order valence-corrected chi connectivity index (χ4v) is 2.86. The minimum atomic E-state index is -4.69. The van der Waals surface area contributed by atoms with Crippen LogP contribution in [0.5, 0.6) is 0 Å². The summed E-state index contributed by atoms with van der Waals surface area (Å²) < 4.78 is 42.8. The first-order valence-corrected chi connectivity index (χ1v) is 8.84. The Morgan fingerprint density at radius 2 is 1.80 bits per heavy atom. The van der Waals surface area contributed by atoms with Crippen LogP contribution in [0.4, 0.5) is 24.5 Å². The van der Waals surface area contributed by atoms with E-state index in [1.165, 1.54) is 27.8 Å². The molecule has 11 heteroatoms. The largest absolute Gasteiger partial charge is 0.416 e. The van der Waals surface area contributed by atoms with Gasteiger partial charge in [-0.25, -0.2) is 0 Å². The van der Waals surface area contributed by atoms with Crippen molar-refractivity contribution in [1.29, 1.82) is 0 Å². The molecule has 3 aromatic rings. The highest BCUT2D eigenvalue weighted by atomic mass is 19.4. The molecule has 2 aromatic heterocycles. The SMILES string of the molecule is Cc1cc(C)n(CC(=O)Nc2cc(C(=O)Nc3cnn(C)c3)cc(C(F)(F)F)c2)n1. The third-order valence-electron chi connectivity index (χ3n) is 4.17. The lowest BCUT2D eigenvalue weighted by molar-refractivity contribution is -0.137. The fourth-order valence-electron chi connectivity index (χ4n) is 2.86. The molecule has 0 aliphatic carbocycles. The molecular formula is C19H19F3N6O2. The number of nitrogens with one attached hydrogen (secondary N) is 2. The van der Waals surface area contributed by atoms with E-state index in [9.17, 15) is 22.8 Å². The van der Waals surface area contributed by atoms with Crippen LogP contribution in [0.3, 0.4) is 0 Å². The molecule has 0 unspecified atom stereocenters. The van der Waals surface area contributed by atoms with E-state index in [4.69, 9.17) is 0 Å². The van der Waals surface area contributed by atoms with Gasteiger partial charge in [-0.2, -0.15) is 23.4 Å². The number of carbonyl (C=O) groups excluding carboxylic acids is 2. The summed E-state index contributed by atoms with van der Waals surface area (Å²) in [6.45, 7) is 3.35. The lowest BCUT2D eigenvalue weighted by Gasteiger charge is -2.13. The normalized spacial score (nSPS) is 11.4. The molecule has 3 rings (SSSR count). The maximum atomic E-state index is 13.3. The van der Waals surface area contributed by atoms with Crippen LogP contribution in [0.2, 0.25) is 0 Å². The van der Waals surface area contributed by atoms with Gasteiger partial charge in [0.15, 0.2) is 0 Å². The molecule has 0 aliphatic rings. The summed E-state index contributed by atoms with van der Waals surface area (Å²) in [5.41, 5.74) is 0.331. The molecule has 30 heavy (non-hydrogen) atoms. The van der Waals surface area contributed by atoms with Crippen LogP contribution in [0.25, 0.3) is 0 Å². The second kappa shape index (κ2) is 8.01. The second-order valence-electron chi connectivity index (χ2n) is 6.79. The van der Waals surface area contributed by atoms with Crippen molar-refractivity contribution in [1.82, 2.24) is 19.6 Å². The van der Waals surface area contributed by atoms with Crippen LogP contribution in [0.1, 0.15) is 27.3 Å². The highest BCUT2D eigenvalue weighted by Gasteiger charge is 2.32. The van der Waals surface area contributed by atoms with Crippen molar-refractivity contribution in [2.75, 3.05) is 10.6 Å². The quantitative estimate of drug-likeness (QED) is 0.663. The van der Waals surface area contributed by atoms with E-state index in [1.807, 2.05) is 0 Å². The molecule has 158 valence electrons. The molecule has 2 heterocycles. The first-order chi connectivity index (χ1) is 14.0. The molecule has 0 saturated heterocycles. The second-order valence-corrected chi connectivity index (χ2v) is 6.79. The average molecular weight is 420 g/mol. The number of hydrogen-bond donors (Lipinski definition) is 2. The van der Waals surface area contributed by atoms with E-state index in [0.717, 1.165) is 17.8 Å². The molecule has 0 bridgehead atoms. The minimum Gasteiger partial charge on any atom is -0.324 e. The Morgan fingerprint density at radius 1 is 1.07 bits per heavy atom. The number of nitrogens with zero attached hydrogens (tertiary/aromatic N) is 4. The van der Waals surface area contributed by atoms with Crippen LogP contribution in [0, 0.1) is 13.8 Å². The highest BCUT2D eigenvalue weighted by Crippen LogP contribution is 2.32. The molecule has 0 spiro atoms. The van der Waals surface area contributed by atoms with Crippen molar-refractivity contribution in [3.05, 3.63) is 59.2 Å². The summed E-state index contributed by atoms with van der Waals surface area (Å²) in [5, 5.41) is 12.9. The molecule has 0 fully saturated rings. The Balaban J connectivity index is 1.84. The zero-order valence-corrected chi connectivity index (χ0v) is 16.4. The smallest absolute Gasteiger partial charge is 0.324 e. The number of amides is 2. The van der Waals surface area contributed by atoms with Gasteiger partial charge in [0.25, 0.3) is 5.91 Å². The summed E-state index contributed by atoms with van der Waals surface area (Å²) in [6.07, 6.45) is -1.83. The number of aryl methyl sites for hydroxylation is 3. The summed E-state index contributed by atoms with van der Waals surface area (Å²) in [6, 6.07) is 4.46. The monoisotopic (exact) mass is 420 g/mol. The first-order valence-electron chi connectivity index (χ1n) is 8.84. The van der Waals surface area contributed by atoms with Crippen molar-refractivity contribution in [2.24, 2.45) is 7.05 Å². The van der Waals surface area contributed by atoms with E-state index in [0.29, 0.717) is 11.4 Å². The van der Waals surface area contributed by atoms with Gasteiger partial charge in [0.2, 0.25) is 5.91 Å². The zero-order valence-electron chi connectivity index (χ0n) is 16.4. The van der Waals surface area contributed by atoms with Gasteiger partial charge in [0.05, 0.1) is 23.1 Å². The summed E-state index contributed by atoms with van der Waals surface area (Å²) in [5.74, 6) is -1.33. The molecule has 8 nitrogen and oxygen atoms in total. The van der Waals surface area contributed by atoms with Gasteiger partial charge in [-0.05, 0) is 38.1 Å². The molecule has 0 atom stereocenters. The van der Waals surface area contributed by atoms with Crippen LogP contribution >= 0.6 is 0 Å². The number of anilines is 2. The highest BCUT2D eigenvalue weighted by molar-refractivity contribution is 6.05. The Bertz CT molecular complexity index is 1100. The lowest BCUT2D eigenvalue weighted by Crippen LogP contribution is -2.21. The maximum absolute atomic E-state index is 13.3. The number of halogens is 3. The molecule has 2 amide bonds. The topological polar surface area (TPSA) is 93.8 Å². The van der Waals surface area contributed by atoms with Gasteiger partial charge in [-0.1, -0.05) is 0 Å². The van der Waals surface area contributed by atoms with Gasteiger partial charge >= 0.3 is 6.18 Å². The van der Waals surface area contributed by atoms with E-state index in [1.54, 1.807) is 27.0 Å². The summed E-state index contributed by atoms with van der Waals surface area (Å²) in [7, 11) is 1.64. The summed E-state index contributed by atoms with van der Waals surface area (Å²) >= 11 is 0. The predicted molar refractivity (Wildman–Crippen MR) is 103 cm³/mol. The van der Waals surface area contributed by atoms with E-state index < -0.39 is 23.6 Å². The Hall–Kier alpha value is -3.63. The van der Waals surface area contributed by atoms with Crippen molar-refractivity contribution < 1.29 is 22.8 Å². The van der Waals surface area contributed by atoms with Crippen molar-refractivity contribution in [3.63, 3.8) is 0 Å². The molecular weight excluding hydrogens is 401 g/mol. The standard InChI is InChI=1S/C19H19F3N6O2/c1-11-4-12(2)28(26-11)10-17(29)24-15-6-13(5-14(7-15)19(20,21)22)18(30)25-16-8-23-27(3)9-16/h4-9H,10H2,1-3H3,(H,24,29)(H,25,30). The number of carbonyl (C=O) groups is 2. The third kappa shape index (κ3) is 5.04. The average Bonchev–Trinajstić information content (AvgIpc) is 3.18. The van der Waals surface area contributed by atoms with Crippen molar-refractivity contribution in [3.8, 4) is 0 Å². The summed E-state index contributed by atoms with van der Waals surface area (Å²) in [4.78, 5) is 24.8. The van der Waals surface area contributed by atoms with Crippen molar-refractivity contribution >= 4 is 23.2 Å². The number of hydrogen-bond acceptors (Lipinski definition) is 4. The lowest BCUT2D eigenvalue weighted by atomic mass is 10.1. The number of rotatable bonds is 5. The first kappa shape index (κ1) is 21.1. The van der Waals surface area contributed by atoms with Gasteiger partial charge in [0.1, 0.15) is 6.54 Å². The Kier molecular flexibility index (Phi) is 5.63. The van der Waals surface area contributed by atoms with Gasteiger partial charge < -0.3 is 10.6 Å².